The topological polar surface area (TPSA) is 68.6 Å². The number of rotatable bonds is 4. The molecule has 9 heteroatoms. The van der Waals surface area contributed by atoms with Gasteiger partial charge in [-0.1, -0.05) is 43.2 Å². The van der Waals surface area contributed by atoms with Crippen LogP contribution in [-0.4, -0.2) is 48.6 Å². The zero-order valence-electron chi connectivity index (χ0n) is 26.1. The third-order valence-corrected chi connectivity index (χ3v) is 10.6. The van der Waals surface area contributed by atoms with Gasteiger partial charge in [0.2, 0.25) is 5.91 Å². The average molecular weight is 635 g/mol. The van der Waals surface area contributed by atoms with E-state index in [0.717, 1.165) is 65.1 Å². The number of carbonyl (C=O) groups excluding carboxylic acids is 1. The van der Waals surface area contributed by atoms with E-state index in [1.807, 2.05) is 43.8 Å². The first-order valence-corrected chi connectivity index (χ1v) is 17.0. The van der Waals surface area contributed by atoms with Crippen molar-refractivity contribution in [1.82, 2.24) is 14.5 Å². The van der Waals surface area contributed by atoms with Crippen molar-refractivity contribution in [3.63, 3.8) is 0 Å². The summed E-state index contributed by atoms with van der Waals surface area (Å²) < 4.78 is 17.6. The molecule has 6 rings (SSSR count). The van der Waals surface area contributed by atoms with E-state index < -0.39 is 0 Å². The lowest BCUT2D eigenvalue weighted by atomic mass is 9.70. The molecule has 1 fully saturated rings. The average Bonchev–Trinajstić information content (AvgIpc) is 3.28. The number of amides is 1. The third-order valence-electron chi connectivity index (χ3n) is 9.55. The van der Waals surface area contributed by atoms with Crippen molar-refractivity contribution in [3.05, 3.63) is 82.2 Å². The lowest BCUT2D eigenvalue weighted by molar-refractivity contribution is -0.120. The van der Waals surface area contributed by atoms with Crippen LogP contribution in [0.25, 0.3) is 0 Å². The molecule has 1 aromatic heterocycles. The largest absolute Gasteiger partial charge is 0.491 e. The maximum atomic E-state index is 13.2. The van der Waals surface area contributed by atoms with E-state index in [1.165, 1.54) is 29.5 Å². The number of nitrogens with zero attached hydrogens (tertiary/aromatic N) is 3. The maximum Gasteiger partial charge on any atom is 0.239 e. The predicted molar refractivity (Wildman–Crippen MR) is 178 cm³/mol. The Bertz CT molecular complexity index is 1520. The van der Waals surface area contributed by atoms with Gasteiger partial charge in [-0.25, -0.2) is 0 Å². The summed E-state index contributed by atoms with van der Waals surface area (Å²) in [6.07, 6.45) is 8.78. The fourth-order valence-electron chi connectivity index (χ4n) is 6.85. The van der Waals surface area contributed by atoms with E-state index in [1.54, 1.807) is 0 Å². The summed E-state index contributed by atoms with van der Waals surface area (Å²) in [5, 5.41) is 5.54. The van der Waals surface area contributed by atoms with E-state index in [4.69, 9.17) is 26.2 Å². The number of fused-ring (bicyclic) bond motifs is 4. The fraction of sp³-hybridized carbons (Fsp3) is 0.486. The molecule has 1 N–H and O–H groups in total. The van der Waals surface area contributed by atoms with Gasteiger partial charge in [0, 0.05) is 41.7 Å². The Labute approximate surface area is 270 Å². The summed E-state index contributed by atoms with van der Waals surface area (Å²) >= 11 is 7.80. The molecular weight excluding hydrogens is 592 g/mol. The second kappa shape index (κ2) is 13.6. The van der Waals surface area contributed by atoms with Crippen molar-refractivity contribution in [3.8, 4) is 5.75 Å². The molecule has 44 heavy (non-hydrogen) atoms. The molecule has 3 aliphatic rings. The third kappa shape index (κ3) is 6.53. The van der Waals surface area contributed by atoms with E-state index in [0.29, 0.717) is 25.0 Å². The Balaban J connectivity index is 1.35. The minimum atomic E-state index is -0.370. The van der Waals surface area contributed by atoms with E-state index in [9.17, 15) is 4.79 Å². The first-order valence-electron chi connectivity index (χ1n) is 15.8. The Morgan fingerprint density at radius 1 is 1.16 bits per heavy atom. The minimum Gasteiger partial charge on any atom is -0.491 e. The van der Waals surface area contributed by atoms with Crippen LogP contribution in [0.4, 0.5) is 5.69 Å². The zero-order chi connectivity index (χ0) is 30.8. The molecule has 1 aliphatic carbocycles. The number of halogens is 1. The van der Waals surface area contributed by atoms with Crippen molar-refractivity contribution >= 4 is 35.1 Å². The van der Waals surface area contributed by atoms with E-state index in [-0.39, 0.29) is 23.8 Å². The number of aryl methyl sites for hydroxylation is 2. The van der Waals surface area contributed by atoms with Gasteiger partial charge in [0.05, 0.1) is 36.6 Å². The molecule has 2 aromatic carbocycles. The summed E-state index contributed by atoms with van der Waals surface area (Å²) in [6, 6.07) is 14.6. The summed E-state index contributed by atoms with van der Waals surface area (Å²) in [4.78, 5) is 16.7. The summed E-state index contributed by atoms with van der Waals surface area (Å²) in [5.74, 6) is 1.59. The molecule has 1 amide bonds. The molecule has 0 radical (unpaired) electrons. The van der Waals surface area contributed by atoms with Crippen LogP contribution in [0, 0.1) is 18.8 Å². The smallest absolute Gasteiger partial charge is 0.239 e. The van der Waals surface area contributed by atoms with Crippen molar-refractivity contribution in [2.45, 2.75) is 75.8 Å². The number of ether oxygens (including phenoxy) is 2. The van der Waals surface area contributed by atoms with Gasteiger partial charge in [-0.05, 0) is 104 Å². The number of carbonyl (C=O) groups is 1. The molecule has 5 unspecified atom stereocenters. The van der Waals surface area contributed by atoms with Crippen LogP contribution in [0.3, 0.4) is 0 Å². The molecule has 0 saturated heterocycles. The zero-order valence-corrected chi connectivity index (χ0v) is 27.7. The second-order valence-corrected chi connectivity index (χ2v) is 13.8. The van der Waals surface area contributed by atoms with Gasteiger partial charge in [0.25, 0.3) is 0 Å². The molecule has 3 heterocycles. The van der Waals surface area contributed by atoms with Crippen molar-refractivity contribution in [2.75, 3.05) is 31.7 Å². The van der Waals surface area contributed by atoms with E-state index in [2.05, 4.69) is 53.0 Å². The molecule has 0 spiro atoms. The van der Waals surface area contributed by atoms with Crippen LogP contribution in [0.5, 0.6) is 5.75 Å². The molecule has 7 nitrogen and oxygen atoms in total. The van der Waals surface area contributed by atoms with Gasteiger partial charge >= 0.3 is 0 Å². The standard InChI is InChI=1S/C35H43ClN4O3S/c1-5-7-24-17-27(36)10-13-29(24)26-20-39-19-25-9-12-30(25)33(42-4)8-6-15-40-22(2)16-31(37-40)23(3)35(41)38-44-28-11-14-34(43-21-26)32(39)18-28/h6,8,10-11,13-14,16-18,23,25-26,30,33H,5,7,9,12,15,19-21H2,1-4H3,(H,38,41)/b8-6+. The monoisotopic (exact) mass is 634 g/mol. The first-order chi connectivity index (χ1) is 21.3. The van der Waals surface area contributed by atoms with Gasteiger partial charge in [0.1, 0.15) is 5.75 Å². The number of nitrogens with one attached hydrogen (secondary N) is 1. The first kappa shape index (κ1) is 31.1. The SMILES string of the molecule is CCCc1cc(Cl)ccc1C1COc2ccc3cc2N(C1)CC1CCC1C(OC)/C=C/Cn1nc(cc1C)C(C)C(=O)NS3. The van der Waals surface area contributed by atoms with Crippen LogP contribution in [-0.2, 0) is 22.5 Å². The molecule has 5 atom stereocenters. The van der Waals surface area contributed by atoms with Crippen LogP contribution in [0.1, 0.15) is 67.5 Å². The quantitative estimate of drug-likeness (QED) is 0.240. The highest BCUT2D eigenvalue weighted by atomic mass is 35.5. The Morgan fingerprint density at radius 2 is 2.02 bits per heavy atom. The molecule has 1 saturated carbocycles. The van der Waals surface area contributed by atoms with Gasteiger partial charge < -0.3 is 14.4 Å². The van der Waals surface area contributed by atoms with Gasteiger partial charge in [-0.3, -0.25) is 14.2 Å². The molecule has 2 aliphatic heterocycles. The van der Waals surface area contributed by atoms with Crippen LogP contribution in [0.15, 0.2) is 59.5 Å². The number of benzene rings is 2. The second-order valence-electron chi connectivity index (χ2n) is 12.4. The lowest BCUT2D eigenvalue weighted by Crippen LogP contribution is -2.44. The highest BCUT2D eigenvalue weighted by molar-refractivity contribution is 7.98. The van der Waals surface area contributed by atoms with Crippen LogP contribution >= 0.6 is 23.5 Å². The number of hydrogen-bond donors (Lipinski definition) is 1. The van der Waals surface area contributed by atoms with Gasteiger partial charge in [-0.15, -0.1) is 0 Å². The Hall–Kier alpha value is -2.94. The number of aromatic nitrogens is 2. The molecule has 4 bridgehead atoms. The summed E-state index contributed by atoms with van der Waals surface area (Å²) in [7, 11) is 1.82. The van der Waals surface area contributed by atoms with Crippen molar-refractivity contribution in [2.24, 2.45) is 11.8 Å². The Kier molecular flexibility index (Phi) is 9.59. The highest BCUT2D eigenvalue weighted by Gasteiger charge is 2.39. The Morgan fingerprint density at radius 3 is 2.80 bits per heavy atom. The predicted octanol–water partition coefficient (Wildman–Crippen LogP) is 7.32. The maximum absolute atomic E-state index is 13.2. The van der Waals surface area contributed by atoms with Crippen LogP contribution < -0.4 is 14.4 Å². The summed E-state index contributed by atoms with van der Waals surface area (Å²) in [5.41, 5.74) is 5.51. The van der Waals surface area contributed by atoms with E-state index >= 15 is 0 Å². The molecule has 3 aromatic rings. The molecule has 234 valence electrons. The number of hydrogen-bond acceptors (Lipinski definition) is 6. The summed E-state index contributed by atoms with van der Waals surface area (Å²) in [6.45, 7) is 9.17. The van der Waals surface area contributed by atoms with Crippen molar-refractivity contribution in [1.29, 1.82) is 0 Å². The highest BCUT2D eigenvalue weighted by Crippen LogP contribution is 2.43. The molecular formula is C35H43ClN4O3S. The normalized spacial score (nSPS) is 26.2. The van der Waals surface area contributed by atoms with Crippen LogP contribution in [0.2, 0.25) is 5.02 Å². The van der Waals surface area contributed by atoms with Gasteiger partial charge in [0.15, 0.2) is 0 Å². The number of anilines is 1. The van der Waals surface area contributed by atoms with Crippen molar-refractivity contribution < 1.29 is 14.3 Å². The lowest BCUT2D eigenvalue weighted by Gasteiger charge is -2.43. The fourth-order valence-corrected chi connectivity index (χ4v) is 7.75. The number of methoxy groups -OCH3 is 1. The minimum absolute atomic E-state index is 0.0421. The van der Waals surface area contributed by atoms with Gasteiger partial charge in [-0.2, -0.15) is 5.10 Å². The number of allylic oxidation sites excluding steroid dienone is 1.